The van der Waals surface area contributed by atoms with E-state index in [0.29, 0.717) is 17.0 Å². The van der Waals surface area contributed by atoms with Crippen molar-refractivity contribution in [1.29, 1.82) is 0 Å². The Bertz CT molecular complexity index is 977. The summed E-state index contributed by atoms with van der Waals surface area (Å²) in [6.07, 6.45) is 1.69. The average molecular weight is 331 g/mol. The SMILES string of the molecule is COc1ccc(S(=O)(=O)Nc2ccc3cn[nH]c3c2)c(C)c1C. The highest BCUT2D eigenvalue weighted by atomic mass is 32.2. The van der Waals surface area contributed by atoms with Crippen molar-refractivity contribution in [3.8, 4) is 5.75 Å². The maximum absolute atomic E-state index is 12.7. The molecule has 0 aliphatic rings. The first kappa shape index (κ1) is 15.4. The monoisotopic (exact) mass is 331 g/mol. The molecule has 0 unspecified atom stereocenters. The van der Waals surface area contributed by atoms with E-state index in [9.17, 15) is 8.42 Å². The molecule has 0 bridgehead atoms. The van der Waals surface area contributed by atoms with Crippen LogP contribution < -0.4 is 9.46 Å². The van der Waals surface area contributed by atoms with Crippen molar-refractivity contribution in [2.75, 3.05) is 11.8 Å². The van der Waals surface area contributed by atoms with Gasteiger partial charge in [0.2, 0.25) is 0 Å². The number of hydrogen-bond donors (Lipinski definition) is 2. The first-order chi connectivity index (χ1) is 10.9. The second-order valence-corrected chi connectivity index (χ2v) is 6.94. The number of methoxy groups -OCH3 is 1. The molecular weight excluding hydrogens is 314 g/mol. The lowest BCUT2D eigenvalue weighted by molar-refractivity contribution is 0.411. The molecule has 0 fully saturated rings. The predicted octanol–water partition coefficient (Wildman–Crippen LogP) is 2.99. The summed E-state index contributed by atoms with van der Waals surface area (Å²) in [6.45, 7) is 3.61. The number of aromatic nitrogens is 2. The zero-order valence-corrected chi connectivity index (χ0v) is 13.9. The smallest absolute Gasteiger partial charge is 0.262 e. The second-order valence-electron chi connectivity index (χ2n) is 5.29. The highest BCUT2D eigenvalue weighted by Gasteiger charge is 2.19. The van der Waals surface area contributed by atoms with E-state index < -0.39 is 10.0 Å². The van der Waals surface area contributed by atoms with E-state index in [0.717, 1.165) is 16.5 Å². The number of ether oxygens (including phenoxy) is 1. The van der Waals surface area contributed by atoms with Crippen LogP contribution in [-0.2, 0) is 10.0 Å². The van der Waals surface area contributed by atoms with Crippen molar-refractivity contribution in [3.05, 3.63) is 47.7 Å². The molecule has 7 heteroatoms. The minimum absolute atomic E-state index is 0.237. The van der Waals surface area contributed by atoms with Crippen LogP contribution in [0.4, 0.5) is 5.69 Å². The van der Waals surface area contributed by atoms with Gasteiger partial charge in [0.15, 0.2) is 0 Å². The van der Waals surface area contributed by atoms with Gasteiger partial charge in [-0.3, -0.25) is 9.82 Å². The van der Waals surface area contributed by atoms with Crippen LogP contribution in [-0.4, -0.2) is 25.7 Å². The second kappa shape index (κ2) is 5.58. The van der Waals surface area contributed by atoms with Gasteiger partial charge in [0.25, 0.3) is 10.0 Å². The fourth-order valence-electron chi connectivity index (χ4n) is 2.49. The zero-order valence-electron chi connectivity index (χ0n) is 13.0. The van der Waals surface area contributed by atoms with Gasteiger partial charge in [-0.2, -0.15) is 5.10 Å². The molecule has 0 saturated heterocycles. The molecule has 6 nitrogen and oxygen atoms in total. The molecule has 0 spiro atoms. The van der Waals surface area contributed by atoms with Crippen LogP contribution in [0.1, 0.15) is 11.1 Å². The lowest BCUT2D eigenvalue weighted by atomic mass is 10.1. The van der Waals surface area contributed by atoms with Crippen molar-refractivity contribution in [1.82, 2.24) is 10.2 Å². The summed E-state index contributed by atoms with van der Waals surface area (Å²) < 4.78 is 33.2. The van der Waals surface area contributed by atoms with Gasteiger partial charge in [-0.25, -0.2) is 8.42 Å². The van der Waals surface area contributed by atoms with Crippen LogP contribution in [0, 0.1) is 13.8 Å². The topological polar surface area (TPSA) is 84.1 Å². The van der Waals surface area contributed by atoms with E-state index in [1.165, 1.54) is 0 Å². The van der Waals surface area contributed by atoms with Gasteiger partial charge in [-0.05, 0) is 55.3 Å². The standard InChI is InChI=1S/C16H17N3O3S/c1-10-11(2)16(7-6-15(10)22-3)23(20,21)19-13-5-4-12-9-17-18-14(12)8-13/h4-9,19H,1-3H3,(H,17,18). The molecule has 3 aromatic rings. The molecular formula is C16H17N3O3S. The number of aromatic amines is 1. The van der Waals surface area contributed by atoms with Gasteiger partial charge in [-0.1, -0.05) is 0 Å². The maximum Gasteiger partial charge on any atom is 0.262 e. The Morgan fingerprint density at radius 1 is 1.13 bits per heavy atom. The van der Waals surface area contributed by atoms with Crippen LogP contribution >= 0.6 is 0 Å². The van der Waals surface area contributed by atoms with Crippen molar-refractivity contribution in [3.63, 3.8) is 0 Å². The molecule has 1 aromatic heterocycles. The third-order valence-electron chi connectivity index (χ3n) is 3.89. The third-order valence-corrected chi connectivity index (χ3v) is 5.42. The molecule has 0 aliphatic heterocycles. The molecule has 0 amide bonds. The van der Waals surface area contributed by atoms with Crippen LogP contribution in [0.2, 0.25) is 0 Å². The number of nitrogens with zero attached hydrogens (tertiary/aromatic N) is 1. The van der Waals surface area contributed by atoms with Gasteiger partial charge in [0.05, 0.1) is 29.4 Å². The number of benzene rings is 2. The Kier molecular flexibility index (Phi) is 3.73. The number of anilines is 1. The van der Waals surface area contributed by atoms with Crippen LogP contribution in [0.5, 0.6) is 5.75 Å². The zero-order chi connectivity index (χ0) is 16.6. The Morgan fingerprint density at radius 3 is 2.65 bits per heavy atom. The molecule has 2 aromatic carbocycles. The fraction of sp³-hybridized carbons (Fsp3) is 0.188. The molecule has 0 atom stereocenters. The van der Waals surface area contributed by atoms with Gasteiger partial charge in [0, 0.05) is 5.39 Å². The minimum atomic E-state index is -3.68. The summed E-state index contributed by atoms with van der Waals surface area (Å²) >= 11 is 0. The van der Waals surface area contributed by atoms with E-state index in [4.69, 9.17) is 4.74 Å². The van der Waals surface area contributed by atoms with E-state index in [-0.39, 0.29) is 4.90 Å². The first-order valence-electron chi connectivity index (χ1n) is 7.02. The molecule has 2 N–H and O–H groups in total. The van der Waals surface area contributed by atoms with Gasteiger partial charge in [-0.15, -0.1) is 0 Å². The summed E-state index contributed by atoms with van der Waals surface area (Å²) in [5.41, 5.74) is 2.72. The highest BCUT2D eigenvalue weighted by molar-refractivity contribution is 7.92. The van der Waals surface area contributed by atoms with Crippen LogP contribution in [0.25, 0.3) is 10.9 Å². The Labute approximate surface area is 134 Å². The average Bonchev–Trinajstić information content (AvgIpc) is 2.96. The predicted molar refractivity (Wildman–Crippen MR) is 89.4 cm³/mol. The van der Waals surface area contributed by atoms with Crippen LogP contribution in [0.3, 0.4) is 0 Å². The Morgan fingerprint density at radius 2 is 1.91 bits per heavy atom. The molecule has 0 saturated carbocycles. The lowest BCUT2D eigenvalue weighted by Gasteiger charge is -2.14. The summed E-state index contributed by atoms with van der Waals surface area (Å²) in [5.74, 6) is 0.667. The van der Waals surface area contributed by atoms with Crippen molar-refractivity contribution in [2.24, 2.45) is 0 Å². The molecule has 0 radical (unpaired) electrons. The molecule has 0 aliphatic carbocycles. The normalized spacial score (nSPS) is 11.6. The summed E-state index contributed by atoms with van der Waals surface area (Å²) in [6, 6.07) is 8.45. The first-order valence-corrected chi connectivity index (χ1v) is 8.51. The Balaban J connectivity index is 2.00. The summed E-state index contributed by atoms with van der Waals surface area (Å²) in [4.78, 5) is 0.237. The minimum Gasteiger partial charge on any atom is -0.496 e. The molecule has 3 rings (SSSR count). The van der Waals surface area contributed by atoms with E-state index in [1.54, 1.807) is 44.5 Å². The number of H-pyrrole nitrogens is 1. The Hall–Kier alpha value is -2.54. The molecule has 120 valence electrons. The summed E-state index contributed by atoms with van der Waals surface area (Å²) in [7, 11) is -2.12. The lowest BCUT2D eigenvalue weighted by Crippen LogP contribution is -2.15. The number of sulfonamides is 1. The number of nitrogens with one attached hydrogen (secondary N) is 2. The third kappa shape index (κ3) is 2.75. The molecule has 1 heterocycles. The van der Waals surface area contributed by atoms with E-state index >= 15 is 0 Å². The van der Waals surface area contributed by atoms with Crippen LogP contribution in [0.15, 0.2) is 41.4 Å². The molecule has 23 heavy (non-hydrogen) atoms. The number of hydrogen-bond acceptors (Lipinski definition) is 4. The van der Waals surface area contributed by atoms with Gasteiger partial charge < -0.3 is 4.74 Å². The fourth-order valence-corrected chi connectivity index (χ4v) is 3.84. The van der Waals surface area contributed by atoms with E-state index in [2.05, 4.69) is 14.9 Å². The summed E-state index contributed by atoms with van der Waals surface area (Å²) in [5, 5.41) is 7.67. The van der Waals surface area contributed by atoms with Crippen molar-refractivity contribution < 1.29 is 13.2 Å². The quantitative estimate of drug-likeness (QED) is 0.770. The van der Waals surface area contributed by atoms with E-state index in [1.807, 2.05) is 13.0 Å². The largest absolute Gasteiger partial charge is 0.496 e. The van der Waals surface area contributed by atoms with Crippen molar-refractivity contribution in [2.45, 2.75) is 18.7 Å². The van der Waals surface area contributed by atoms with Gasteiger partial charge >= 0.3 is 0 Å². The number of rotatable bonds is 4. The number of fused-ring (bicyclic) bond motifs is 1. The van der Waals surface area contributed by atoms with Gasteiger partial charge in [0.1, 0.15) is 5.75 Å². The maximum atomic E-state index is 12.7. The highest BCUT2D eigenvalue weighted by Crippen LogP contribution is 2.28. The van der Waals surface area contributed by atoms with Crippen molar-refractivity contribution >= 4 is 26.6 Å².